The van der Waals surface area contributed by atoms with Crippen molar-refractivity contribution in [3.63, 3.8) is 0 Å². The first-order valence-corrected chi connectivity index (χ1v) is 6.20. The van der Waals surface area contributed by atoms with Gasteiger partial charge in [-0.05, 0) is 45.4 Å². The highest BCUT2D eigenvalue weighted by Gasteiger charge is 2.49. The van der Waals surface area contributed by atoms with Crippen LogP contribution in [0, 0.1) is 0 Å². The van der Waals surface area contributed by atoms with E-state index in [4.69, 9.17) is 15.0 Å². The van der Waals surface area contributed by atoms with Crippen LogP contribution in [0.4, 0.5) is 5.69 Å². The summed E-state index contributed by atoms with van der Waals surface area (Å²) in [5.41, 5.74) is 6.95. The van der Waals surface area contributed by atoms with E-state index in [-0.39, 0.29) is 18.3 Å². The van der Waals surface area contributed by atoms with Crippen LogP contribution in [0.15, 0.2) is 30.2 Å². The Morgan fingerprint density at radius 2 is 1.72 bits per heavy atom. The predicted octanol–water partition coefficient (Wildman–Crippen LogP) is 2.91. The van der Waals surface area contributed by atoms with Gasteiger partial charge in [0.15, 0.2) is 0 Å². The second-order valence-corrected chi connectivity index (χ2v) is 5.65. The second kappa shape index (κ2) is 4.45. The smallest absolute Gasteiger partial charge is 0.400 e. The molecule has 1 fully saturated rings. The molecule has 1 saturated heterocycles. The zero-order chi connectivity index (χ0) is 13.4. The van der Waals surface area contributed by atoms with Gasteiger partial charge in [-0.2, -0.15) is 0 Å². The maximum Gasteiger partial charge on any atom is 0.487 e. The lowest BCUT2D eigenvalue weighted by Crippen LogP contribution is -2.41. The number of rotatable bonds is 2. The summed E-state index contributed by atoms with van der Waals surface area (Å²) in [6.07, 6.45) is 1.97. The number of nitrogens with two attached hydrogens (primary N) is 1. The molecule has 1 aliphatic rings. The monoisotopic (exact) mass is 245 g/mol. The molecular formula is C14H20BNO2. The first-order chi connectivity index (χ1) is 8.30. The van der Waals surface area contributed by atoms with E-state index in [2.05, 4.69) is 0 Å². The van der Waals surface area contributed by atoms with E-state index in [1.165, 1.54) is 0 Å². The first-order valence-electron chi connectivity index (χ1n) is 6.20. The molecule has 1 aliphatic heterocycles. The molecule has 0 saturated carbocycles. The number of anilines is 1. The van der Waals surface area contributed by atoms with Crippen molar-refractivity contribution in [1.82, 2.24) is 0 Å². The van der Waals surface area contributed by atoms with Gasteiger partial charge in [-0.1, -0.05) is 24.2 Å². The van der Waals surface area contributed by atoms with E-state index >= 15 is 0 Å². The fourth-order valence-corrected chi connectivity index (χ4v) is 1.82. The lowest BCUT2D eigenvalue weighted by atomic mass is 9.89. The topological polar surface area (TPSA) is 44.5 Å². The third kappa shape index (κ3) is 2.60. The molecule has 18 heavy (non-hydrogen) atoms. The molecule has 96 valence electrons. The molecule has 0 atom stereocenters. The normalized spacial score (nSPS) is 21.7. The van der Waals surface area contributed by atoms with Crippen molar-refractivity contribution in [3.05, 3.63) is 35.8 Å². The van der Waals surface area contributed by atoms with Gasteiger partial charge in [0, 0.05) is 5.69 Å². The maximum absolute atomic E-state index is 5.88. The average molecular weight is 245 g/mol. The molecular weight excluding hydrogens is 225 g/mol. The molecule has 4 heteroatoms. The average Bonchev–Trinajstić information content (AvgIpc) is 2.45. The van der Waals surface area contributed by atoms with Gasteiger partial charge in [-0.25, -0.2) is 0 Å². The van der Waals surface area contributed by atoms with Crippen LogP contribution in [-0.2, 0) is 9.31 Å². The molecule has 0 spiro atoms. The van der Waals surface area contributed by atoms with E-state index in [1.807, 2.05) is 64.0 Å². The van der Waals surface area contributed by atoms with E-state index in [1.54, 1.807) is 0 Å². The summed E-state index contributed by atoms with van der Waals surface area (Å²) in [7, 11) is -0.309. The predicted molar refractivity (Wildman–Crippen MR) is 76.0 cm³/mol. The number of hydrogen-bond donors (Lipinski definition) is 1. The Bertz CT molecular complexity index is 453. The third-order valence-corrected chi connectivity index (χ3v) is 3.63. The van der Waals surface area contributed by atoms with Crippen molar-refractivity contribution < 1.29 is 9.31 Å². The van der Waals surface area contributed by atoms with Crippen LogP contribution in [0.3, 0.4) is 0 Å². The van der Waals surface area contributed by atoms with Gasteiger partial charge in [0.05, 0.1) is 11.2 Å². The Labute approximate surface area is 109 Å². The summed E-state index contributed by atoms with van der Waals surface area (Å²) in [6, 6.07) is 7.71. The van der Waals surface area contributed by atoms with Gasteiger partial charge in [0.25, 0.3) is 0 Å². The van der Waals surface area contributed by atoms with Crippen LogP contribution in [0.25, 0.3) is 6.08 Å². The summed E-state index contributed by atoms with van der Waals surface area (Å²) in [4.78, 5) is 0. The molecule has 0 aromatic heterocycles. The van der Waals surface area contributed by atoms with Gasteiger partial charge in [-0.15, -0.1) is 0 Å². The molecule has 2 N–H and O–H groups in total. The minimum atomic E-state index is -0.309. The van der Waals surface area contributed by atoms with Crippen LogP contribution in [0.5, 0.6) is 0 Å². The van der Waals surface area contributed by atoms with E-state index in [0.29, 0.717) is 0 Å². The molecule has 0 unspecified atom stereocenters. The van der Waals surface area contributed by atoms with E-state index < -0.39 is 0 Å². The van der Waals surface area contributed by atoms with Crippen molar-refractivity contribution in [3.8, 4) is 0 Å². The Morgan fingerprint density at radius 1 is 1.11 bits per heavy atom. The Morgan fingerprint density at radius 3 is 2.28 bits per heavy atom. The number of hydrogen-bond acceptors (Lipinski definition) is 3. The van der Waals surface area contributed by atoms with Crippen molar-refractivity contribution in [2.24, 2.45) is 0 Å². The van der Waals surface area contributed by atoms with Crippen molar-refractivity contribution >= 4 is 18.9 Å². The molecule has 1 aromatic rings. The van der Waals surface area contributed by atoms with Gasteiger partial charge in [0.2, 0.25) is 0 Å². The highest BCUT2D eigenvalue weighted by atomic mass is 16.7. The van der Waals surface area contributed by atoms with Crippen molar-refractivity contribution in [1.29, 1.82) is 0 Å². The Kier molecular flexibility index (Phi) is 3.26. The SMILES string of the molecule is CC1(C)OB(/C=C/c2cccc(N)c2)OC1(C)C. The zero-order valence-electron chi connectivity index (χ0n) is 11.4. The Balaban J connectivity index is 2.08. The summed E-state index contributed by atoms with van der Waals surface area (Å²) in [6.45, 7) is 8.17. The highest BCUT2D eigenvalue weighted by Crippen LogP contribution is 2.37. The zero-order valence-corrected chi connectivity index (χ0v) is 11.4. The number of benzene rings is 1. The first kappa shape index (κ1) is 13.2. The lowest BCUT2D eigenvalue weighted by molar-refractivity contribution is 0.00578. The third-order valence-electron chi connectivity index (χ3n) is 3.63. The second-order valence-electron chi connectivity index (χ2n) is 5.65. The van der Waals surface area contributed by atoms with Crippen molar-refractivity contribution in [2.75, 3.05) is 5.73 Å². The summed E-state index contributed by atoms with van der Waals surface area (Å²) >= 11 is 0. The quantitative estimate of drug-likeness (QED) is 0.643. The number of nitrogen functional groups attached to an aromatic ring is 1. The van der Waals surface area contributed by atoms with E-state index in [9.17, 15) is 0 Å². The van der Waals surface area contributed by atoms with E-state index in [0.717, 1.165) is 11.3 Å². The summed E-state index contributed by atoms with van der Waals surface area (Å²) < 4.78 is 11.8. The van der Waals surface area contributed by atoms with Gasteiger partial charge in [-0.3, -0.25) is 0 Å². The minimum absolute atomic E-state index is 0.294. The molecule has 0 amide bonds. The Hall–Kier alpha value is -1.26. The van der Waals surface area contributed by atoms with Crippen molar-refractivity contribution in [2.45, 2.75) is 38.9 Å². The molecule has 3 nitrogen and oxygen atoms in total. The maximum atomic E-state index is 5.88. The standard InChI is InChI=1S/C14H20BNO2/c1-13(2)14(3,4)18-15(17-13)9-8-11-6-5-7-12(16)10-11/h5-10H,16H2,1-4H3/b9-8+. The largest absolute Gasteiger partial charge is 0.487 e. The van der Waals surface area contributed by atoms with Crippen LogP contribution in [0.1, 0.15) is 33.3 Å². The van der Waals surface area contributed by atoms with Gasteiger partial charge >= 0.3 is 7.12 Å². The summed E-state index contributed by atoms with van der Waals surface area (Å²) in [5, 5.41) is 0. The van der Waals surface area contributed by atoms with Gasteiger partial charge < -0.3 is 15.0 Å². The van der Waals surface area contributed by atoms with Crippen LogP contribution >= 0.6 is 0 Å². The molecule has 0 radical (unpaired) electrons. The van der Waals surface area contributed by atoms with Crippen LogP contribution < -0.4 is 5.73 Å². The fourth-order valence-electron chi connectivity index (χ4n) is 1.82. The molecule has 1 heterocycles. The highest BCUT2D eigenvalue weighted by molar-refractivity contribution is 6.52. The summed E-state index contributed by atoms with van der Waals surface area (Å²) in [5.74, 6) is 1.92. The fraction of sp³-hybridized carbons (Fsp3) is 0.429. The molecule has 2 rings (SSSR count). The van der Waals surface area contributed by atoms with Gasteiger partial charge in [0.1, 0.15) is 0 Å². The van der Waals surface area contributed by atoms with Crippen LogP contribution in [-0.4, -0.2) is 18.3 Å². The molecule has 0 aliphatic carbocycles. The minimum Gasteiger partial charge on any atom is -0.400 e. The molecule has 1 aromatic carbocycles. The molecule has 0 bridgehead atoms. The van der Waals surface area contributed by atoms with Crippen LogP contribution in [0.2, 0.25) is 0 Å². The lowest BCUT2D eigenvalue weighted by Gasteiger charge is -2.32.